The maximum Gasteiger partial charge on any atom is 0.238 e. The highest BCUT2D eigenvalue weighted by Crippen LogP contribution is 2.08. The summed E-state index contributed by atoms with van der Waals surface area (Å²) in [6.07, 6.45) is 5.14. The van der Waals surface area contributed by atoms with E-state index in [4.69, 9.17) is 12.2 Å². The van der Waals surface area contributed by atoms with Crippen LogP contribution in [0.3, 0.4) is 0 Å². The number of carbonyl (C=O) groups is 1. The van der Waals surface area contributed by atoms with Gasteiger partial charge >= 0.3 is 0 Å². The van der Waals surface area contributed by atoms with Gasteiger partial charge in [0.05, 0.1) is 6.04 Å². The minimum atomic E-state index is -0.954. The first-order chi connectivity index (χ1) is 8.04. The lowest BCUT2D eigenvalue weighted by atomic mass is 10.2. The Hall–Kier alpha value is -1.93. The van der Waals surface area contributed by atoms with Gasteiger partial charge in [-0.25, -0.2) is 8.78 Å². The Kier molecular flexibility index (Phi) is 4.61. The van der Waals surface area contributed by atoms with Crippen LogP contribution in [0.4, 0.5) is 8.78 Å². The van der Waals surface area contributed by atoms with E-state index in [1.54, 1.807) is 0 Å². The van der Waals surface area contributed by atoms with Gasteiger partial charge in [-0.15, -0.1) is 12.3 Å². The number of terminal acetylenes is 1. The molecule has 0 aromatic heterocycles. The van der Waals surface area contributed by atoms with Crippen molar-refractivity contribution < 1.29 is 13.6 Å². The van der Waals surface area contributed by atoms with Gasteiger partial charge in [0.15, 0.2) is 11.6 Å². The van der Waals surface area contributed by atoms with E-state index in [0.717, 1.165) is 12.1 Å². The smallest absolute Gasteiger partial charge is 0.238 e. The Morgan fingerprint density at radius 3 is 2.76 bits per heavy atom. The SMILES string of the molecule is C#CCC(N)C(=O)NCc1ccc(F)c(F)c1. The van der Waals surface area contributed by atoms with E-state index < -0.39 is 23.6 Å². The Morgan fingerprint density at radius 1 is 1.47 bits per heavy atom. The Morgan fingerprint density at radius 2 is 2.18 bits per heavy atom. The van der Waals surface area contributed by atoms with Gasteiger partial charge in [0.2, 0.25) is 5.91 Å². The van der Waals surface area contributed by atoms with Crippen LogP contribution in [0.2, 0.25) is 0 Å². The van der Waals surface area contributed by atoms with Crippen LogP contribution in [0, 0.1) is 24.0 Å². The minimum Gasteiger partial charge on any atom is -0.351 e. The number of hydrogen-bond donors (Lipinski definition) is 2. The number of nitrogens with two attached hydrogens (primary N) is 1. The number of carbonyl (C=O) groups excluding carboxylic acids is 1. The number of hydrogen-bond acceptors (Lipinski definition) is 2. The summed E-state index contributed by atoms with van der Waals surface area (Å²) in [7, 11) is 0. The second-order valence-corrected chi connectivity index (χ2v) is 3.48. The molecule has 1 atom stereocenters. The summed E-state index contributed by atoms with van der Waals surface area (Å²) < 4.78 is 25.5. The van der Waals surface area contributed by atoms with Gasteiger partial charge in [0.25, 0.3) is 0 Å². The summed E-state index contributed by atoms with van der Waals surface area (Å²) >= 11 is 0. The maximum atomic E-state index is 12.8. The average molecular weight is 238 g/mol. The third-order valence-corrected chi connectivity index (χ3v) is 2.13. The van der Waals surface area contributed by atoms with E-state index in [1.165, 1.54) is 6.07 Å². The van der Waals surface area contributed by atoms with Crippen LogP contribution in [0.15, 0.2) is 18.2 Å². The van der Waals surface area contributed by atoms with Crippen LogP contribution < -0.4 is 11.1 Å². The number of rotatable bonds is 4. The molecule has 0 bridgehead atoms. The topological polar surface area (TPSA) is 55.1 Å². The first-order valence-electron chi connectivity index (χ1n) is 4.95. The number of halogens is 2. The molecule has 0 saturated carbocycles. The first-order valence-corrected chi connectivity index (χ1v) is 4.95. The predicted molar refractivity (Wildman–Crippen MR) is 59.6 cm³/mol. The van der Waals surface area contributed by atoms with Gasteiger partial charge < -0.3 is 11.1 Å². The van der Waals surface area contributed by atoms with Gasteiger partial charge in [-0.3, -0.25) is 4.79 Å². The zero-order valence-corrected chi connectivity index (χ0v) is 9.04. The zero-order valence-electron chi connectivity index (χ0n) is 9.04. The van der Waals surface area contributed by atoms with Gasteiger partial charge in [0, 0.05) is 13.0 Å². The number of amides is 1. The molecule has 0 aliphatic rings. The summed E-state index contributed by atoms with van der Waals surface area (Å²) in [6, 6.07) is 2.61. The van der Waals surface area contributed by atoms with Crippen LogP contribution in [0.25, 0.3) is 0 Å². The Balaban J connectivity index is 2.53. The third kappa shape index (κ3) is 3.85. The average Bonchev–Trinajstić information content (AvgIpc) is 2.30. The second-order valence-electron chi connectivity index (χ2n) is 3.48. The monoisotopic (exact) mass is 238 g/mol. The van der Waals surface area contributed by atoms with E-state index in [2.05, 4.69) is 11.2 Å². The maximum absolute atomic E-state index is 12.8. The molecule has 0 fully saturated rings. The highest BCUT2D eigenvalue weighted by Gasteiger charge is 2.11. The van der Waals surface area contributed by atoms with Crippen molar-refractivity contribution in [2.45, 2.75) is 19.0 Å². The molecular formula is C12H12F2N2O. The molecule has 1 unspecified atom stereocenters. The van der Waals surface area contributed by atoms with Crippen molar-refractivity contribution in [2.75, 3.05) is 0 Å². The lowest BCUT2D eigenvalue weighted by molar-refractivity contribution is -0.122. The van der Waals surface area contributed by atoms with Gasteiger partial charge in [-0.1, -0.05) is 6.07 Å². The summed E-state index contributed by atoms with van der Waals surface area (Å²) in [5, 5.41) is 2.48. The second kappa shape index (κ2) is 5.97. The molecule has 0 spiro atoms. The lowest BCUT2D eigenvalue weighted by Crippen LogP contribution is -2.39. The fraction of sp³-hybridized carbons (Fsp3) is 0.250. The first kappa shape index (κ1) is 13.1. The molecule has 17 heavy (non-hydrogen) atoms. The van der Waals surface area contributed by atoms with Crippen LogP contribution in [-0.2, 0) is 11.3 Å². The van der Waals surface area contributed by atoms with Gasteiger partial charge in [-0.2, -0.15) is 0 Å². The molecule has 3 N–H and O–H groups in total. The van der Waals surface area contributed by atoms with E-state index in [-0.39, 0.29) is 13.0 Å². The molecule has 5 heteroatoms. The molecule has 0 saturated heterocycles. The van der Waals surface area contributed by atoms with Crippen molar-refractivity contribution in [3.05, 3.63) is 35.4 Å². The summed E-state index contributed by atoms with van der Waals surface area (Å²) in [5.74, 6) is -0.0365. The molecule has 1 rings (SSSR count). The molecular weight excluding hydrogens is 226 g/mol. The third-order valence-electron chi connectivity index (χ3n) is 2.13. The molecule has 1 aromatic carbocycles. The highest BCUT2D eigenvalue weighted by molar-refractivity contribution is 5.81. The van der Waals surface area contributed by atoms with E-state index in [9.17, 15) is 13.6 Å². The summed E-state index contributed by atoms with van der Waals surface area (Å²) in [4.78, 5) is 11.4. The van der Waals surface area contributed by atoms with Crippen LogP contribution >= 0.6 is 0 Å². The van der Waals surface area contributed by atoms with Crippen LogP contribution in [0.1, 0.15) is 12.0 Å². The van der Waals surface area contributed by atoms with E-state index in [1.807, 2.05) is 0 Å². The predicted octanol–water partition coefficient (Wildman–Crippen LogP) is 0.932. The van der Waals surface area contributed by atoms with Gasteiger partial charge in [-0.05, 0) is 17.7 Å². The fourth-order valence-corrected chi connectivity index (χ4v) is 1.19. The Labute approximate surface area is 98.0 Å². The number of nitrogens with one attached hydrogen (secondary N) is 1. The van der Waals surface area contributed by atoms with Crippen molar-refractivity contribution in [3.8, 4) is 12.3 Å². The molecule has 0 radical (unpaired) electrons. The summed E-state index contributed by atoms with van der Waals surface area (Å²) in [5.41, 5.74) is 5.91. The molecule has 0 aliphatic carbocycles. The molecule has 0 heterocycles. The van der Waals surface area contributed by atoms with Crippen molar-refractivity contribution in [3.63, 3.8) is 0 Å². The van der Waals surface area contributed by atoms with E-state index >= 15 is 0 Å². The largest absolute Gasteiger partial charge is 0.351 e. The Bertz CT molecular complexity index is 454. The highest BCUT2D eigenvalue weighted by atomic mass is 19.2. The zero-order chi connectivity index (χ0) is 12.8. The molecule has 0 aliphatic heterocycles. The van der Waals surface area contributed by atoms with Crippen LogP contribution in [-0.4, -0.2) is 11.9 Å². The van der Waals surface area contributed by atoms with Crippen molar-refractivity contribution >= 4 is 5.91 Å². The standard InChI is InChI=1S/C12H12F2N2O/c1-2-3-11(15)12(17)16-7-8-4-5-9(13)10(14)6-8/h1,4-6,11H,3,7,15H2,(H,16,17). The van der Waals surface area contributed by atoms with Crippen LogP contribution in [0.5, 0.6) is 0 Å². The van der Waals surface area contributed by atoms with Gasteiger partial charge in [0.1, 0.15) is 0 Å². The molecule has 90 valence electrons. The van der Waals surface area contributed by atoms with Crippen molar-refractivity contribution in [2.24, 2.45) is 5.73 Å². The van der Waals surface area contributed by atoms with E-state index in [0.29, 0.717) is 5.56 Å². The van der Waals surface area contributed by atoms with Crippen molar-refractivity contribution in [1.29, 1.82) is 0 Å². The number of benzene rings is 1. The molecule has 3 nitrogen and oxygen atoms in total. The summed E-state index contributed by atoms with van der Waals surface area (Å²) in [6.45, 7) is 0.0777. The normalized spacial score (nSPS) is 11.6. The van der Waals surface area contributed by atoms with Crippen molar-refractivity contribution in [1.82, 2.24) is 5.32 Å². The fourth-order valence-electron chi connectivity index (χ4n) is 1.19. The quantitative estimate of drug-likeness (QED) is 0.767. The lowest BCUT2D eigenvalue weighted by Gasteiger charge is -2.09. The minimum absolute atomic E-state index is 0.0777. The molecule has 1 aromatic rings. The molecule has 1 amide bonds.